The summed E-state index contributed by atoms with van der Waals surface area (Å²) in [5, 5.41) is 78.5. The minimum atomic E-state index is -3.27. The first kappa shape index (κ1) is 91.3. The Bertz CT molecular complexity index is 4590. The van der Waals surface area contributed by atoms with Crippen molar-refractivity contribution in [1.82, 2.24) is 39.1 Å². The average Bonchev–Trinajstić information content (AvgIpc) is 1.64. The van der Waals surface area contributed by atoms with Crippen molar-refractivity contribution in [1.29, 1.82) is 10.5 Å². The largest absolute Gasteiger partial charge is 0.390 e. The molecule has 0 spiro atoms. The van der Waals surface area contributed by atoms with E-state index in [1.54, 1.807) is 34.2 Å². The van der Waals surface area contributed by atoms with Gasteiger partial charge >= 0.3 is 0 Å². The highest BCUT2D eigenvalue weighted by atomic mass is 32.2. The number of allylic oxidation sites excluding steroid dienone is 3. The second-order valence-corrected chi connectivity index (χ2v) is 48.4. The molecule has 0 bridgehead atoms. The summed E-state index contributed by atoms with van der Waals surface area (Å²) in [7, 11) is -3.27. The van der Waals surface area contributed by atoms with Crippen LogP contribution in [0.1, 0.15) is 310 Å². The third-order valence-electron chi connectivity index (χ3n) is 41.1. The summed E-state index contributed by atoms with van der Waals surface area (Å²) >= 11 is 0. The van der Waals surface area contributed by atoms with E-state index in [0.29, 0.717) is 94.1 Å². The predicted molar refractivity (Wildman–Crippen MR) is 483 cm³/mol. The molecule has 686 valence electrons. The van der Waals surface area contributed by atoms with Gasteiger partial charge in [-0.3, -0.25) is 23.5 Å². The number of hydrogen-bond acceptors (Lipinski definition) is 13. The molecule has 20 heteroatoms. The molecule has 32 atom stereocenters. The van der Waals surface area contributed by atoms with Crippen molar-refractivity contribution in [2.75, 3.05) is 6.26 Å². The molecule has 0 aliphatic heterocycles. The highest BCUT2D eigenvalue weighted by Crippen LogP contribution is 2.71. The topological polar surface area (TPSA) is 251 Å². The zero-order valence-corrected chi connectivity index (χ0v) is 78.1. The molecule has 16 aliphatic rings. The molecule has 16 fully saturated rings. The SMILES string of the molecule is C=C(Cn1cc(C#N)cn1)[C@H]1CC[C@H]2[C@@H]3CC[C@H]4C[C@@](O)(CC)CC[C@@H]4[C@H]3CC[C@]12C.C=C(Cn1cc(S(C)(=O)=O)cn1)[C@H]1CC[C@H]2[C@@H]3CC[C@@H]4C[C@@](O)(C(F)F)CC[C@@H]4[C@H]3CC[C@]12C.C=C(Cn1cccn1)[C@H]1CC[C@H]2[C@@H]3CC[C@H]4C[C@@](O)(CC)CC[C@@H]4[C@H]3CC[C@]12C.CC[C@@]1(O)CC[C@H]2[C@H](CC[C@@H]3[C@@H]2CC[C@]2(C)[C@@H](C(=O)Cn4cc(C#N)cn4)CC[C@@H]32)C1. The van der Waals surface area contributed by atoms with Crippen LogP contribution in [0.5, 0.6) is 0 Å². The van der Waals surface area contributed by atoms with Gasteiger partial charge in [-0.1, -0.05) is 84.9 Å². The molecule has 16 aliphatic carbocycles. The van der Waals surface area contributed by atoms with Crippen LogP contribution >= 0.6 is 0 Å². The maximum absolute atomic E-state index is 13.5. The van der Waals surface area contributed by atoms with E-state index < -0.39 is 27.5 Å². The van der Waals surface area contributed by atoms with Gasteiger partial charge in [-0.25, -0.2) is 17.2 Å². The van der Waals surface area contributed by atoms with Crippen LogP contribution in [0.4, 0.5) is 8.78 Å². The maximum atomic E-state index is 13.5. The Balaban J connectivity index is 0.000000118. The number of carbonyl (C=O) groups excluding carboxylic acids is 1. The first-order valence-electron chi connectivity index (χ1n) is 50.4. The van der Waals surface area contributed by atoms with Crippen molar-refractivity contribution in [3.63, 3.8) is 0 Å². The van der Waals surface area contributed by atoms with Gasteiger partial charge in [0.1, 0.15) is 22.6 Å². The molecule has 4 heterocycles. The highest BCUT2D eigenvalue weighted by molar-refractivity contribution is 7.90. The monoisotopic (exact) mass is 1740 g/mol. The summed E-state index contributed by atoms with van der Waals surface area (Å²) in [5.74, 6) is 16.9. The third-order valence-corrected chi connectivity index (χ3v) is 42.2. The van der Waals surface area contributed by atoms with Gasteiger partial charge in [-0.05, 0) is 414 Å². The number of halogens is 2. The number of Topliss-reactive ketones (excluding diaryl/α,β-unsaturated/α-hetero) is 1. The van der Waals surface area contributed by atoms with E-state index in [4.69, 9.17) is 10.5 Å². The summed E-state index contributed by atoms with van der Waals surface area (Å²) in [6.07, 6.45) is 56.1. The molecule has 0 amide bonds. The van der Waals surface area contributed by atoms with E-state index in [2.05, 4.69) is 107 Å². The van der Waals surface area contributed by atoms with E-state index in [1.165, 1.54) is 158 Å². The summed E-state index contributed by atoms with van der Waals surface area (Å²) in [5.41, 5.74) is 3.14. The smallest absolute Gasteiger partial charge is 0.266 e. The van der Waals surface area contributed by atoms with Crippen LogP contribution in [0.25, 0.3) is 0 Å². The lowest BCUT2D eigenvalue weighted by Crippen LogP contribution is -2.52. The van der Waals surface area contributed by atoms with Crippen LogP contribution in [0.2, 0.25) is 0 Å². The standard InChI is InChI=1S/C27H39N3O.C26H38F2N2O3S.C26H37N3O2.C26H40N2O/c1-4-27(31)12-10-21-20(13-27)5-6-23-22(21)9-11-26(3)24(7-8-25(23)26)18(2)16-30-17-19(14-28)15-29-30;1-16(14-30-15-18(13-29-30)34(3,32)33)22-6-7-23-21-5-4-17-12-26(31,24(27)28)11-9-19(17)20(21)8-10-25(22,23)2;1-3-26(31)11-9-19-18(12-26)4-5-21-20(19)8-10-25(2)22(21)6-7-23(25)24(30)16-29-15-17(13-27)14-28-29;1-4-26(29)13-11-20-19(16-26)6-7-22-21(20)10-12-25(3)23(8-9-24(22)25)18(2)17-28-15-5-14-27-28/h15,17,20-25,31H,2,4-13,16H2,1,3H3;13,15,17,19-24,31H,1,4-12,14H2,2-3H3;14-15,18-23,31H,3-12,16H2,1-2H3;5,14-15,19-24,29H,2,4,6-13,16-17H2,1,3H3/t20-,21-,22+,23+,24+,25-,26+,27+;17-,19+,20-,21-,22-,23+,25-,26-;18-,19+,20-,21-,22+,23-,25+,26-;19-,20-,21+,22+,23+,24-,25+,26+/m0110/s1. The highest BCUT2D eigenvalue weighted by Gasteiger charge is 2.64. The zero-order chi connectivity index (χ0) is 88.3. The molecule has 20 rings (SSSR count). The van der Waals surface area contributed by atoms with Crippen molar-refractivity contribution < 1.29 is 42.4 Å². The Kier molecular flexibility index (Phi) is 25.9. The predicted octanol–water partition coefficient (Wildman–Crippen LogP) is 21.4. The number of nitrogens with zero attached hydrogens (tertiary/aromatic N) is 10. The number of fused-ring (bicyclic) bond motifs is 20. The van der Waals surface area contributed by atoms with Crippen LogP contribution < -0.4 is 0 Å². The summed E-state index contributed by atoms with van der Waals surface area (Å²) in [4.78, 5) is 13.5. The van der Waals surface area contributed by atoms with Crippen LogP contribution in [-0.2, 0) is 40.8 Å². The molecular weight excluding hydrogens is 1580 g/mol. The molecule has 125 heavy (non-hydrogen) atoms. The quantitative estimate of drug-likeness (QED) is 0.0719. The number of nitriles is 2. The number of carbonyl (C=O) groups is 1. The average molecular weight is 1740 g/mol. The van der Waals surface area contributed by atoms with Gasteiger partial charge < -0.3 is 20.4 Å². The molecule has 0 saturated heterocycles. The van der Waals surface area contributed by atoms with E-state index >= 15 is 0 Å². The Morgan fingerprint density at radius 1 is 0.424 bits per heavy atom. The van der Waals surface area contributed by atoms with Crippen LogP contribution in [0.15, 0.2) is 97.0 Å². The molecule has 0 radical (unpaired) electrons. The van der Waals surface area contributed by atoms with Crippen LogP contribution in [-0.4, -0.2) is 109 Å². The Labute approximate surface area is 747 Å². The molecule has 16 saturated carbocycles. The number of alkyl halides is 2. The fourth-order valence-corrected chi connectivity index (χ4v) is 35.3. The van der Waals surface area contributed by atoms with Gasteiger partial charge in [-0.2, -0.15) is 30.9 Å². The Morgan fingerprint density at radius 2 is 0.752 bits per heavy atom. The van der Waals surface area contributed by atoms with Gasteiger partial charge in [0, 0.05) is 43.2 Å². The van der Waals surface area contributed by atoms with Crippen molar-refractivity contribution in [2.45, 2.75) is 359 Å². The van der Waals surface area contributed by atoms with Crippen molar-refractivity contribution in [3.8, 4) is 12.1 Å². The van der Waals surface area contributed by atoms with Crippen molar-refractivity contribution in [3.05, 3.63) is 103 Å². The summed E-state index contributed by atoms with van der Waals surface area (Å²) in [6.45, 7) is 32.4. The first-order chi connectivity index (χ1) is 59.6. The van der Waals surface area contributed by atoms with E-state index in [9.17, 15) is 42.4 Å². The van der Waals surface area contributed by atoms with Gasteiger partial charge in [0.05, 0.1) is 72.7 Å². The second kappa shape index (κ2) is 35.5. The lowest BCUT2D eigenvalue weighted by Gasteiger charge is -2.57. The number of hydrogen-bond donors (Lipinski definition) is 4. The molecule has 0 aromatic carbocycles. The Morgan fingerprint density at radius 3 is 1.09 bits per heavy atom. The van der Waals surface area contributed by atoms with Gasteiger partial charge in [0.2, 0.25) is 0 Å². The number of aromatic nitrogens is 8. The van der Waals surface area contributed by atoms with Gasteiger partial charge in [0.15, 0.2) is 15.6 Å². The van der Waals surface area contributed by atoms with Crippen LogP contribution in [0.3, 0.4) is 0 Å². The molecule has 4 aromatic heterocycles. The van der Waals surface area contributed by atoms with E-state index in [-0.39, 0.29) is 51.6 Å². The molecule has 17 nitrogen and oxygen atoms in total. The molecule has 4 aromatic rings. The van der Waals surface area contributed by atoms with Gasteiger partial charge in [-0.15, -0.1) is 0 Å². The lowest BCUT2D eigenvalue weighted by atomic mass is 9.48. The van der Waals surface area contributed by atoms with E-state index in [1.807, 2.05) is 27.8 Å². The van der Waals surface area contributed by atoms with E-state index in [0.717, 1.165) is 198 Å². The van der Waals surface area contributed by atoms with Crippen molar-refractivity contribution >= 4 is 15.6 Å². The summed E-state index contributed by atoms with van der Waals surface area (Å²) < 4.78 is 57.8. The summed E-state index contributed by atoms with van der Waals surface area (Å²) in [6, 6.07) is 6.29. The maximum Gasteiger partial charge on any atom is 0.266 e. The number of ketones is 1. The number of rotatable bonds is 17. The molecular formula is C105H154F2N10O7S. The van der Waals surface area contributed by atoms with Crippen LogP contribution in [0, 0.1) is 186 Å². The normalized spacial score (nSPS) is 44.1. The van der Waals surface area contributed by atoms with Gasteiger partial charge in [0.25, 0.3) is 6.43 Å². The fraction of sp³-hybridized carbons (Fsp3) is 0.800. The number of aliphatic hydroxyl groups is 4. The minimum absolute atomic E-state index is 0.120. The Hall–Kier alpha value is -5.64. The molecule has 4 N–H and O–H groups in total. The first-order valence-corrected chi connectivity index (χ1v) is 52.3. The fourth-order valence-electron chi connectivity index (χ4n) is 34.8. The van der Waals surface area contributed by atoms with Crippen molar-refractivity contribution in [2.24, 2.45) is 164 Å². The lowest BCUT2D eigenvalue weighted by molar-refractivity contribution is -0.158. The second-order valence-electron chi connectivity index (χ2n) is 46.4. The zero-order valence-electron chi connectivity index (χ0n) is 77.3. The minimum Gasteiger partial charge on any atom is -0.390 e. The number of sulfone groups is 1. The third kappa shape index (κ3) is 17.2. The molecule has 0 unspecified atom stereocenters.